The van der Waals surface area contributed by atoms with Gasteiger partial charge in [0, 0.05) is 16.7 Å². The minimum Gasteiger partial charge on any atom is -0.306 e. The van der Waals surface area contributed by atoms with Crippen LogP contribution in [0.4, 0.5) is 14.6 Å². The molecule has 0 spiro atoms. The van der Waals surface area contributed by atoms with Crippen molar-refractivity contribution in [1.29, 1.82) is 0 Å². The van der Waals surface area contributed by atoms with Crippen LogP contribution in [-0.4, -0.2) is 10.9 Å². The van der Waals surface area contributed by atoms with Gasteiger partial charge in [-0.3, -0.25) is 4.79 Å². The summed E-state index contributed by atoms with van der Waals surface area (Å²) in [5.41, 5.74) is -0.0149. The topological polar surface area (TPSA) is 42.0 Å². The van der Waals surface area contributed by atoms with Crippen molar-refractivity contribution in [3.8, 4) is 0 Å². The predicted octanol–water partition coefficient (Wildman–Crippen LogP) is 3.68. The fraction of sp³-hybridized carbons (Fsp3) is 0.0769. The van der Waals surface area contributed by atoms with Gasteiger partial charge in [0.2, 0.25) is 0 Å². The molecule has 0 aliphatic heterocycles. The quantitative estimate of drug-likeness (QED) is 0.914. The summed E-state index contributed by atoms with van der Waals surface area (Å²) in [4.78, 5) is 15.8. The SMILES string of the molecule is Cc1cc(C(=O)Nc2ccc(Br)cn2)c(F)cc1F. The highest BCUT2D eigenvalue weighted by Crippen LogP contribution is 2.16. The zero-order valence-electron chi connectivity index (χ0n) is 9.88. The average molecular weight is 327 g/mol. The Hall–Kier alpha value is -1.82. The molecular formula is C13H9BrF2N2O. The largest absolute Gasteiger partial charge is 0.306 e. The molecule has 1 aromatic heterocycles. The molecule has 0 fully saturated rings. The normalized spacial score (nSPS) is 10.3. The molecule has 0 saturated heterocycles. The Morgan fingerprint density at radius 3 is 2.63 bits per heavy atom. The summed E-state index contributed by atoms with van der Waals surface area (Å²) in [6, 6.07) is 5.11. The highest BCUT2D eigenvalue weighted by atomic mass is 79.9. The van der Waals surface area contributed by atoms with Crippen LogP contribution in [0.1, 0.15) is 15.9 Å². The van der Waals surface area contributed by atoms with Gasteiger partial charge < -0.3 is 5.32 Å². The minimum absolute atomic E-state index is 0.204. The Morgan fingerprint density at radius 1 is 1.26 bits per heavy atom. The smallest absolute Gasteiger partial charge is 0.259 e. The van der Waals surface area contributed by atoms with E-state index in [0.29, 0.717) is 6.07 Å². The number of aromatic nitrogens is 1. The number of anilines is 1. The zero-order valence-corrected chi connectivity index (χ0v) is 11.5. The fourth-order valence-electron chi connectivity index (χ4n) is 1.46. The van der Waals surface area contributed by atoms with Gasteiger partial charge in [-0.2, -0.15) is 0 Å². The first-order valence-electron chi connectivity index (χ1n) is 5.36. The Labute approximate surface area is 116 Å². The van der Waals surface area contributed by atoms with E-state index in [-0.39, 0.29) is 16.9 Å². The van der Waals surface area contributed by atoms with Gasteiger partial charge in [-0.15, -0.1) is 0 Å². The maximum atomic E-state index is 13.5. The fourth-order valence-corrected chi connectivity index (χ4v) is 1.70. The molecule has 0 aliphatic rings. The van der Waals surface area contributed by atoms with Crippen molar-refractivity contribution in [2.45, 2.75) is 6.92 Å². The Balaban J connectivity index is 2.25. The summed E-state index contributed by atoms with van der Waals surface area (Å²) in [7, 11) is 0. The molecular weight excluding hydrogens is 318 g/mol. The van der Waals surface area contributed by atoms with Gasteiger partial charge >= 0.3 is 0 Å². The lowest BCUT2D eigenvalue weighted by Gasteiger charge is -2.07. The van der Waals surface area contributed by atoms with Crippen LogP contribution in [0.15, 0.2) is 34.9 Å². The molecule has 1 heterocycles. The van der Waals surface area contributed by atoms with Gasteiger partial charge in [0.15, 0.2) is 0 Å². The van der Waals surface area contributed by atoms with Crippen LogP contribution in [0.3, 0.4) is 0 Å². The number of carbonyl (C=O) groups excluding carboxylic acids is 1. The van der Waals surface area contributed by atoms with E-state index in [1.54, 1.807) is 12.1 Å². The number of carbonyl (C=O) groups is 1. The second-order valence-corrected chi connectivity index (χ2v) is 4.81. The van der Waals surface area contributed by atoms with Crippen molar-refractivity contribution in [3.63, 3.8) is 0 Å². The molecule has 0 saturated carbocycles. The number of benzene rings is 1. The first-order chi connectivity index (χ1) is 8.97. The summed E-state index contributed by atoms with van der Waals surface area (Å²) in [6.07, 6.45) is 1.50. The van der Waals surface area contributed by atoms with E-state index in [1.807, 2.05) is 0 Å². The molecule has 2 aromatic rings. The Bertz CT molecular complexity index is 629. The maximum absolute atomic E-state index is 13.5. The maximum Gasteiger partial charge on any atom is 0.259 e. The number of hydrogen-bond acceptors (Lipinski definition) is 2. The summed E-state index contributed by atoms with van der Waals surface area (Å²) < 4.78 is 27.4. The van der Waals surface area contributed by atoms with Gasteiger partial charge in [-0.1, -0.05) is 0 Å². The molecule has 1 N–H and O–H groups in total. The third-order valence-electron chi connectivity index (χ3n) is 2.46. The van der Waals surface area contributed by atoms with E-state index in [9.17, 15) is 13.6 Å². The molecule has 0 unspecified atom stereocenters. The molecule has 19 heavy (non-hydrogen) atoms. The van der Waals surface area contributed by atoms with Crippen LogP contribution in [0, 0.1) is 18.6 Å². The van der Waals surface area contributed by atoms with Gasteiger partial charge in [0.25, 0.3) is 5.91 Å². The molecule has 0 bridgehead atoms. The van der Waals surface area contributed by atoms with E-state index in [1.165, 1.54) is 19.2 Å². The number of pyridine rings is 1. The summed E-state index contributed by atoms with van der Waals surface area (Å²) >= 11 is 3.21. The van der Waals surface area contributed by atoms with Gasteiger partial charge in [-0.25, -0.2) is 13.8 Å². The lowest BCUT2D eigenvalue weighted by atomic mass is 10.1. The number of halogens is 3. The molecule has 0 radical (unpaired) electrons. The van der Waals surface area contributed by atoms with Crippen LogP contribution in [0.5, 0.6) is 0 Å². The summed E-state index contributed by atoms with van der Waals surface area (Å²) in [6.45, 7) is 1.46. The third kappa shape index (κ3) is 3.14. The van der Waals surface area contributed by atoms with Crippen LogP contribution in [0.25, 0.3) is 0 Å². The van der Waals surface area contributed by atoms with E-state index < -0.39 is 17.5 Å². The number of nitrogens with zero attached hydrogens (tertiary/aromatic N) is 1. The number of amides is 1. The predicted molar refractivity (Wildman–Crippen MR) is 71.0 cm³/mol. The minimum atomic E-state index is -0.905. The number of aryl methyl sites for hydroxylation is 1. The van der Waals surface area contributed by atoms with E-state index >= 15 is 0 Å². The second kappa shape index (κ2) is 5.44. The highest BCUT2D eigenvalue weighted by Gasteiger charge is 2.15. The van der Waals surface area contributed by atoms with Gasteiger partial charge in [-0.05, 0) is 46.6 Å². The van der Waals surface area contributed by atoms with Gasteiger partial charge in [0.1, 0.15) is 17.5 Å². The third-order valence-corrected chi connectivity index (χ3v) is 2.93. The summed E-state index contributed by atoms with van der Waals surface area (Å²) in [5.74, 6) is -1.97. The molecule has 0 atom stereocenters. The van der Waals surface area contributed by atoms with E-state index in [2.05, 4.69) is 26.2 Å². The monoisotopic (exact) mass is 326 g/mol. The van der Waals surface area contributed by atoms with Crippen molar-refractivity contribution < 1.29 is 13.6 Å². The first kappa shape index (κ1) is 13.6. The van der Waals surface area contributed by atoms with Crippen LogP contribution >= 0.6 is 15.9 Å². The van der Waals surface area contributed by atoms with Crippen molar-refractivity contribution in [3.05, 3.63) is 57.7 Å². The molecule has 1 aromatic carbocycles. The van der Waals surface area contributed by atoms with E-state index in [0.717, 1.165) is 4.47 Å². The molecule has 0 aliphatic carbocycles. The van der Waals surface area contributed by atoms with Crippen molar-refractivity contribution in [2.75, 3.05) is 5.32 Å². The van der Waals surface area contributed by atoms with Crippen LogP contribution in [0.2, 0.25) is 0 Å². The van der Waals surface area contributed by atoms with Gasteiger partial charge in [0.05, 0.1) is 5.56 Å². The lowest BCUT2D eigenvalue weighted by Crippen LogP contribution is -2.15. The molecule has 1 amide bonds. The summed E-state index contributed by atoms with van der Waals surface area (Å²) in [5, 5.41) is 2.44. The molecule has 98 valence electrons. The van der Waals surface area contributed by atoms with Crippen LogP contribution < -0.4 is 5.32 Å². The first-order valence-corrected chi connectivity index (χ1v) is 6.15. The highest BCUT2D eigenvalue weighted by molar-refractivity contribution is 9.10. The van der Waals surface area contributed by atoms with E-state index in [4.69, 9.17) is 0 Å². The Kier molecular flexibility index (Phi) is 3.90. The molecule has 3 nitrogen and oxygen atoms in total. The standard InChI is InChI=1S/C13H9BrF2N2O/c1-7-4-9(11(16)5-10(7)15)13(19)18-12-3-2-8(14)6-17-12/h2-6H,1H3,(H,17,18,19). The Morgan fingerprint density at radius 2 is 2.00 bits per heavy atom. The van der Waals surface area contributed by atoms with Crippen molar-refractivity contribution >= 4 is 27.7 Å². The number of rotatable bonds is 2. The van der Waals surface area contributed by atoms with Crippen molar-refractivity contribution in [1.82, 2.24) is 4.98 Å². The van der Waals surface area contributed by atoms with Crippen molar-refractivity contribution in [2.24, 2.45) is 0 Å². The number of nitrogens with one attached hydrogen (secondary N) is 1. The second-order valence-electron chi connectivity index (χ2n) is 3.90. The average Bonchev–Trinajstić information content (AvgIpc) is 2.36. The molecule has 6 heteroatoms. The number of hydrogen-bond donors (Lipinski definition) is 1. The zero-order chi connectivity index (χ0) is 14.0. The van der Waals surface area contributed by atoms with Crippen LogP contribution in [-0.2, 0) is 0 Å². The lowest BCUT2D eigenvalue weighted by molar-refractivity contribution is 0.102. The molecule has 2 rings (SSSR count).